The van der Waals surface area contributed by atoms with E-state index in [4.69, 9.17) is 10.5 Å². The lowest BCUT2D eigenvalue weighted by Crippen LogP contribution is -2.29. The van der Waals surface area contributed by atoms with Crippen molar-refractivity contribution in [2.45, 2.75) is 25.7 Å². The van der Waals surface area contributed by atoms with Gasteiger partial charge in [-0.2, -0.15) is 0 Å². The standard InChI is InChI=1S/C16H24N2O2/c1-20-15-7-5-13(6-8-15)3-2-4-16(19)18-10-9-14(11-17)12-18/h5-8,14H,2-4,9-12,17H2,1H3/t14-/m1/s1. The fourth-order valence-electron chi connectivity index (χ4n) is 2.65. The summed E-state index contributed by atoms with van der Waals surface area (Å²) in [4.78, 5) is 14.0. The van der Waals surface area contributed by atoms with Crippen molar-refractivity contribution in [1.82, 2.24) is 4.90 Å². The van der Waals surface area contributed by atoms with Crippen molar-refractivity contribution in [1.29, 1.82) is 0 Å². The minimum Gasteiger partial charge on any atom is -0.497 e. The van der Waals surface area contributed by atoms with Gasteiger partial charge in [-0.25, -0.2) is 0 Å². The third-order valence-electron chi connectivity index (χ3n) is 3.99. The number of amides is 1. The van der Waals surface area contributed by atoms with Crippen LogP contribution in [0.25, 0.3) is 0 Å². The van der Waals surface area contributed by atoms with Gasteiger partial charge in [-0.15, -0.1) is 0 Å². The van der Waals surface area contributed by atoms with Gasteiger partial charge in [0.15, 0.2) is 0 Å². The van der Waals surface area contributed by atoms with Crippen LogP contribution in [0.1, 0.15) is 24.8 Å². The molecule has 0 radical (unpaired) electrons. The van der Waals surface area contributed by atoms with Crippen LogP contribution in [0.3, 0.4) is 0 Å². The second-order valence-electron chi connectivity index (χ2n) is 5.43. The van der Waals surface area contributed by atoms with Crippen molar-refractivity contribution in [2.24, 2.45) is 11.7 Å². The van der Waals surface area contributed by atoms with Gasteiger partial charge in [0.2, 0.25) is 5.91 Å². The highest BCUT2D eigenvalue weighted by atomic mass is 16.5. The molecule has 0 aliphatic carbocycles. The van der Waals surface area contributed by atoms with Crippen LogP contribution >= 0.6 is 0 Å². The number of hydrogen-bond acceptors (Lipinski definition) is 3. The van der Waals surface area contributed by atoms with E-state index in [-0.39, 0.29) is 5.91 Å². The number of ether oxygens (including phenoxy) is 1. The molecule has 0 unspecified atom stereocenters. The number of nitrogens with two attached hydrogens (primary N) is 1. The fourth-order valence-corrected chi connectivity index (χ4v) is 2.65. The van der Waals surface area contributed by atoms with Crippen LogP contribution in [-0.4, -0.2) is 37.6 Å². The van der Waals surface area contributed by atoms with E-state index in [2.05, 4.69) is 12.1 Å². The van der Waals surface area contributed by atoms with Crippen molar-refractivity contribution in [2.75, 3.05) is 26.7 Å². The van der Waals surface area contributed by atoms with Gasteiger partial charge in [0.05, 0.1) is 7.11 Å². The topological polar surface area (TPSA) is 55.6 Å². The molecule has 0 aromatic heterocycles. The molecule has 1 aliphatic rings. The summed E-state index contributed by atoms with van der Waals surface area (Å²) in [5.74, 6) is 1.64. The molecule has 1 aromatic rings. The maximum absolute atomic E-state index is 12.1. The molecule has 1 amide bonds. The molecule has 2 N–H and O–H groups in total. The fraction of sp³-hybridized carbons (Fsp3) is 0.562. The number of carbonyl (C=O) groups excluding carboxylic acids is 1. The molecular weight excluding hydrogens is 252 g/mol. The minimum absolute atomic E-state index is 0.273. The average Bonchev–Trinajstić information content (AvgIpc) is 2.97. The molecule has 4 nitrogen and oxygen atoms in total. The maximum atomic E-state index is 12.1. The van der Waals surface area contributed by atoms with Crippen molar-refractivity contribution in [3.05, 3.63) is 29.8 Å². The average molecular weight is 276 g/mol. The SMILES string of the molecule is COc1ccc(CCCC(=O)N2CC[C@H](CN)C2)cc1. The van der Waals surface area contributed by atoms with Gasteiger partial charge < -0.3 is 15.4 Å². The third-order valence-corrected chi connectivity index (χ3v) is 3.99. The van der Waals surface area contributed by atoms with Crippen molar-refractivity contribution in [3.63, 3.8) is 0 Å². The zero-order valence-corrected chi connectivity index (χ0v) is 12.2. The Morgan fingerprint density at radius 2 is 2.15 bits per heavy atom. The number of rotatable bonds is 6. The quantitative estimate of drug-likeness (QED) is 0.862. The maximum Gasteiger partial charge on any atom is 0.222 e. The molecular formula is C16H24N2O2. The molecule has 1 saturated heterocycles. The number of benzene rings is 1. The monoisotopic (exact) mass is 276 g/mol. The summed E-state index contributed by atoms with van der Waals surface area (Å²) in [5.41, 5.74) is 6.90. The van der Waals surface area contributed by atoms with Gasteiger partial charge in [0.25, 0.3) is 0 Å². The van der Waals surface area contributed by atoms with E-state index in [1.54, 1.807) is 7.11 Å². The molecule has 0 spiro atoms. The largest absolute Gasteiger partial charge is 0.497 e. The summed E-state index contributed by atoms with van der Waals surface area (Å²) in [5, 5.41) is 0. The molecule has 1 atom stereocenters. The second-order valence-corrected chi connectivity index (χ2v) is 5.43. The first-order valence-corrected chi connectivity index (χ1v) is 7.33. The lowest BCUT2D eigenvalue weighted by Gasteiger charge is -2.16. The highest BCUT2D eigenvalue weighted by molar-refractivity contribution is 5.76. The van der Waals surface area contributed by atoms with E-state index in [1.165, 1.54) is 5.56 Å². The molecule has 0 saturated carbocycles. The van der Waals surface area contributed by atoms with Crippen molar-refractivity contribution in [3.8, 4) is 5.75 Å². The summed E-state index contributed by atoms with van der Waals surface area (Å²) >= 11 is 0. The molecule has 20 heavy (non-hydrogen) atoms. The van der Waals surface area contributed by atoms with E-state index in [0.29, 0.717) is 18.9 Å². The zero-order valence-electron chi connectivity index (χ0n) is 12.2. The van der Waals surface area contributed by atoms with Crippen LogP contribution in [0, 0.1) is 5.92 Å². The Labute approximate surface area is 120 Å². The van der Waals surface area contributed by atoms with E-state index < -0.39 is 0 Å². The van der Waals surface area contributed by atoms with Crippen LogP contribution in [0.2, 0.25) is 0 Å². The van der Waals surface area contributed by atoms with Gasteiger partial charge in [-0.3, -0.25) is 4.79 Å². The Kier molecular flexibility index (Phi) is 5.41. The van der Waals surface area contributed by atoms with E-state index in [1.807, 2.05) is 17.0 Å². The van der Waals surface area contributed by atoms with Crippen LogP contribution < -0.4 is 10.5 Å². The Bertz CT molecular complexity index is 431. The first-order chi connectivity index (χ1) is 9.72. The minimum atomic E-state index is 0.273. The smallest absolute Gasteiger partial charge is 0.222 e. The third kappa shape index (κ3) is 3.97. The normalized spacial score (nSPS) is 18.3. The number of aryl methyl sites for hydroxylation is 1. The summed E-state index contributed by atoms with van der Waals surface area (Å²) in [6.07, 6.45) is 3.52. The van der Waals surface area contributed by atoms with Crippen molar-refractivity contribution < 1.29 is 9.53 Å². The molecule has 110 valence electrons. The van der Waals surface area contributed by atoms with Gasteiger partial charge in [0, 0.05) is 19.5 Å². The first kappa shape index (κ1) is 14.9. The Hall–Kier alpha value is -1.55. The molecule has 2 rings (SSSR count). The first-order valence-electron chi connectivity index (χ1n) is 7.33. The number of methoxy groups -OCH3 is 1. The van der Waals surface area contributed by atoms with E-state index in [9.17, 15) is 4.79 Å². The Morgan fingerprint density at radius 1 is 1.40 bits per heavy atom. The van der Waals surface area contributed by atoms with Crippen LogP contribution in [0.15, 0.2) is 24.3 Å². The van der Waals surface area contributed by atoms with Gasteiger partial charge in [-0.1, -0.05) is 12.1 Å². The lowest BCUT2D eigenvalue weighted by molar-refractivity contribution is -0.130. The number of carbonyl (C=O) groups is 1. The molecule has 1 fully saturated rings. The van der Waals surface area contributed by atoms with Gasteiger partial charge >= 0.3 is 0 Å². The van der Waals surface area contributed by atoms with Gasteiger partial charge in [0.1, 0.15) is 5.75 Å². The predicted molar refractivity (Wildman–Crippen MR) is 79.7 cm³/mol. The predicted octanol–water partition coefficient (Wildman–Crippen LogP) is 1.83. The summed E-state index contributed by atoms with van der Waals surface area (Å²) < 4.78 is 5.13. The Morgan fingerprint density at radius 3 is 2.75 bits per heavy atom. The summed E-state index contributed by atoms with van der Waals surface area (Å²) in [6, 6.07) is 8.04. The number of hydrogen-bond donors (Lipinski definition) is 1. The number of nitrogens with zero attached hydrogens (tertiary/aromatic N) is 1. The molecule has 4 heteroatoms. The molecule has 0 bridgehead atoms. The zero-order chi connectivity index (χ0) is 14.4. The summed E-state index contributed by atoms with van der Waals surface area (Å²) in [6.45, 7) is 2.41. The number of likely N-dealkylation sites (tertiary alicyclic amines) is 1. The van der Waals surface area contributed by atoms with Crippen molar-refractivity contribution >= 4 is 5.91 Å². The lowest BCUT2D eigenvalue weighted by atomic mass is 10.1. The van der Waals surface area contributed by atoms with Crippen LogP contribution in [0.4, 0.5) is 0 Å². The van der Waals surface area contributed by atoms with Crippen LogP contribution in [-0.2, 0) is 11.2 Å². The molecule has 1 aliphatic heterocycles. The van der Waals surface area contributed by atoms with E-state index in [0.717, 1.165) is 38.1 Å². The second kappa shape index (κ2) is 7.29. The van der Waals surface area contributed by atoms with E-state index >= 15 is 0 Å². The van der Waals surface area contributed by atoms with Gasteiger partial charge in [-0.05, 0) is 49.4 Å². The highest BCUT2D eigenvalue weighted by Gasteiger charge is 2.24. The highest BCUT2D eigenvalue weighted by Crippen LogP contribution is 2.17. The molecule has 1 heterocycles. The van der Waals surface area contributed by atoms with Crippen LogP contribution in [0.5, 0.6) is 5.75 Å². The molecule has 1 aromatic carbocycles. The Balaban J connectivity index is 1.71. The summed E-state index contributed by atoms with van der Waals surface area (Å²) in [7, 11) is 1.67.